The Morgan fingerprint density at radius 2 is 2.04 bits per heavy atom. The molecule has 0 fully saturated rings. The maximum atomic E-state index is 13.7. The zero-order chi connectivity index (χ0) is 16.4. The standard InChI is InChI=1S/C17H17ClFN3O/c1-21(8-12-3-5-16(23-2)15(19)7-12)10-14-11-22-9-13(18)4-6-17(22)20-14/h3-7,9,11H,8,10H2,1-2H3. The molecule has 0 radical (unpaired) electrons. The number of aromatic nitrogens is 2. The Labute approximate surface area is 139 Å². The van der Waals surface area contributed by atoms with Gasteiger partial charge in [-0.15, -0.1) is 0 Å². The van der Waals surface area contributed by atoms with E-state index in [0.29, 0.717) is 18.1 Å². The van der Waals surface area contributed by atoms with Crippen LogP contribution in [0.2, 0.25) is 5.02 Å². The summed E-state index contributed by atoms with van der Waals surface area (Å²) >= 11 is 5.98. The highest BCUT2D eigenvalue weighted by Gasteiger charge is 2.08. The third kappa shape index (κ3) is 3.63. The Morgan fingerprint density at radius 3 is 2.78 bits per heavy atom. The van der Waals surface area contributed by atoms with Gasteiger partial charge in [0.2, 0.25) is 0 Å². The first-order valence-electron chi connectivity index (χ1n) is 7.19. The number of imidazole rings is 1. The first-order chi connectivity index (χ1) is 11.0. The van der Waals surface area contributed by atoms with Crippen molar-refractivity contribution in [3.8, 4) is 5.75 Å². The van der Waals surface area contributed by atoms with Gasteiger partial charge in [0.1, 0.15) is 5.65 Å². The van der Waals surface area contributed by atoms with Crippen LogP contribution in [0.1, 0.15) is 11.3 Å². The van der Waals surface area contributed by atoms with E-state index >= 15 is 0 Å². The number of rotatable bonds is 5. The highest BCUT2D eigenvalue weighted by atomic mass is 35.5. The maximum absolute atomic E-state index is 13.7. The molecule has 2 heterocycles. The van der Waals surface area contributed by atoms with Crippen LogP contribution < -0.4 is 4.74 Å². The van der Waals surface area contributed by atoms with E-state index in [-0.39, 0.29) is 11.6 Å². The number of hydrogen-bond donors (Lipinski definition) is 0. The van der Waals surface area contributed by atoms with Crippen LogP contribution in [0.4, 0.5) is 4.39 Å². The van der Waals surface area contributed by atoms with Gasteiger partial charge >= 0.3 is 0 Å². The molecule has 0 saturated heterocycles. The van der Waals surface area contributed by atoms with Crippen LogP contribution in [0.25, 0.3) is 5.65 Å². The van der Waals surface area contributed by atoms with Gasteiger partial charge in [-0.2, -0.15) is 0 Å². The molecule has 0 N–H and O–H groups in total. The molecular formula is C17H17ClFN3O. The summed E-state index contributed by atoms with van der Waals surface area (Å²) in [5, 5.41) is 0.670. The molecule has 0 atom stereocenters. The summed E-state index contributed by atoms with van der Waals surface area (Å²) in [5.41, 5.74) is 2.68. The normalized spacial score (nSPS) is 11.3. The van der Waals surface area contributed by atoms with Crippen molar-refractivity contribution in [1.29, 1.82) is 0 Å². The van der Waals surface area contributed by atoms with Crippen LogP contribution >= 0.6 is 11.6 Å². The van der Waals surface area contributed by atoms with Crippen LogP contribution in [0, 0.1) is 5.82 Å². The Kier molecular flexibility index (Phi) is 4.50. The van der Waals surface area contributed by atoms with Gasteiger partial charge in [0.15, 0.2) is 11.6 Å². The second-order valence-electron chi connectivity index (χ2n) is 5.49. The fourth-order valence-electron chi connectivity index (χ4n) is 2.55. The fraction of sp³-hybridized carbons (Fsp3) is 0.235. The summed E-state index contributed by atoms with van der Waals surface area (Å²) in [6, 6.07) is 8.70. The molecule has 0 spiro atoms. The Morgan fingerprint density at radius 1 is 1.22 bits per heavy atom. The molecule has 6 heteroatoms. The maximum Gasteiger partial charge on any atom is 0.165 e. The number of halogens is 2. The third-order valence-electron chi connectivity index (χ3n) is 3.57. The molecule has 120 valence electrons. The Hall–Kier alpha value is -2.11. The summed E-state index contributed by atoms with van der Waals surface area (Å²) in [6.45, 7) is 1.28. The van der Waals surface area contributed by atoms with Gasteiger partial charge in [-0.1, -0.05) is 17.7 Å². The van der Waals surface area contributed by atoms with E-state index in [4.69, 9.17) is 16.3 Å². The van der Waals surface area contributed by atoms with Gasteiger partial charge < -0.3 is 9.14 Å². The second kappa shape index (κ2) is 6.56. The summed E-state index contributed by atoms with van der Waals surface area (Å²) in [6.07, 6.45) is 3.78. The van der Waals surface area contributed by atoms with E-state index in [1.54, 1.807) is 6.07 Å². The molecular weight excluding hydrogens is 317 g/mol. The largest absolute Gasteiger partial charge is 0.494 e. The molecule has 3 aromatic rings. The molecule has 0 bridgehead atoms. The number of hydrogen-bond acceptors (Lipinski definition) is 3. The summed E-state index contributed by atoms with van der Waals surface area (Å²) in [7, 11) is 3.43. The number of benzene rings is 1. The molecule has 4 nitrogen and oxygen atoms in total. The van der Waals surface area contributed by atoms with Gasteiger partial charge in [0.25, 0.3) is 0 Å². The average Bonchev–Trinajstić information content (AvgIpc) is 2.88. The van der Waals surface area contributed by atoms with Crippen molar-refractivity contribution in [3.63, 3.8) is 0 Å². The van der Waals surface area contributed by atoms with Crippen molar-refractivity contribution in [2.75, 3.05) is 14.2 Å². The SMILES string of the molecule is COc1ccc(CN(C)Cc2cn3cc(Cl)ccc3n2)cc1F. The highest BCUT2D eigenvalue weighted by molar-refractivity contribution is 6.30. The number of pyridine rings is 1. The predicted octanol–water partition coefficient (Wildman–Crippen LogP) is 3.77. The zero-order valence-corrected chi connectivity index (χ0v) is 13.7. The zero-order valence-electron chi connectivity index (χ0n) is 13.0. The van der Waals surface area contributed by atoms with Crippen molar-refractivity contribution in [2.24, 2.45) is 0 Å². The molecule has 0 aliphatic carbocycles. The first-order valence-corrected chi connectivity index (χ1v) is 7.57. The van der Waals surface area contributed by atoms with E-state index in [1.807, 2.05) is 42.0 Å². The number of nitrogens with zero attached hydrogens (tertiary/aromatic N) is 3. The highest BCUT2D eigenvalue weighted by Crippen LogP contribution is 2.19. The predicted molar refractivity (Wildman–Crippen MR) is 88.3 cm³/mol. The monoisotopic (exact) mass is 333 g/mol. The van der Waals surface area contributed by atoms with Crippen LogP contribution in [-0.2, 0) is 13.1 Å². The topological polar surface area (TPSA) is 29.8 Å². The van der Waals surface area contributed by atoms with Gasteiger partial charge in [0.05, 0.1) is 17.8 Å². The minimum atomic E-state index is -0.347. The van der Waals surface area contributed by atoms with Crippen molar-refractivity contribution >= 4 is 17.2 Å². The van der Waals surface area contributed by atoms with Gasteiger partial charge in [-0.3, -0.25) is 4.90 Å². The van der Waals surface area contributed by atoms with Crippen molar-refractivity contribution in [1.82, 2.24) is 14.3 Å². The van der Waals surface area contributed by atoms with Crippen LogP contribution in [0.5, 0.6) is 5.75 Å². The fourth-order valence-corrected chi connectivity index (χ4v) is 2.71. The van der Waals surface area contributed by atoms with Crippen molar-refractivity contribution in [2.45, 2.75) is 13.1 Å². The van der Waals surface area contributed by atoms with Crippen LogP contribution in [0.3, 0.4) is 0 Å². The van der Waals surface area contributed by atoms with E-state index in [0.717, 1.165) is 16.9 Å². The lowest BCUT2D eigenvalue weighted by Crippen LogP contribution is -2.17. The van der Waals surface area contributed by atoms with Gasteiger partial charge in [-0.05, 0) is 36.9 Å². The smallest absolute Gasteiger partial charge is 0.165 e. The van der Waals surface area contributed by atoms with Crippen molar-refractivity contribution < 1.29 is 9.13 Å². The van der Waals surface area contributed by atoms with Gasteiger partial charge in [-0.25, -0.2) is 9.37 Å². The quantitative estimate of drug-likeness (QED) is 0.712. The lowest BCUT2D eigenvalue weighted by Gasteiger charge is -2.15. The minimum Gasteiger partial charge on any atom is -0.494 e. The molecule has 2 aromatic heterocycles. The molecule has 0 amide bonds. The van der Waals surface area contributed by atoms with E-state index < -0.39 is 0 Å². The second-order valence-corrected chi connectivity index (χ2v) is 5.92. The number of methoxy groups -OCH3 is 1. The van der Waals surface area contributed by atoms with Gasteiger partial charge in [0, 0.05) is 25.5 Å². The van der Waals surface area contributed by atoms with Crippen LogP contribution in [0.15, 0.2) is 42.7 Å². The Balaban J connectivity index is 1.70. The van der Waals surface area contributed by atoms with E-state index in [9.17, 15) is 4.39 Å². The molecule has 23 heavy (non-hydrogen) atoms. The molecule has 0 unspecified atom stereocenters. The lowest BCUT2D eigenvalue weighted by molar-refractivity contribution is 0.314. The summed E-state index contributed by atoms with van der Waals surface area (Å²) in [4.78, 5) is 6.62. The Bertz CT molecular complexity index is 834. The first kappa shape index (κ1) is 15.8. The molecule has 0 saturated carbocycles. The molecule has 1 aromatic carbocycles. The summed E-state index contributed by atoms with van der Waals surface area (Å²) in [5.74, 6) is -0.0885. The summed E-state index contributed by atoms with van der Waals surface area (Å²) < 4.78 is 20.6. The van der Waals surface area contributed by atoms with E-state index in [2.05, 4.69) is 9.88 Å². The third-order valence-corrected chi connectivity index (χ3v) is 3.79. The molecule has 0 aliphatic heterocycles. The molecule has 3 rings (SSSR count). The lowest BCUT2D eigenvalue weighted by atomic mass is 10.2. The van der Waals surface area contributed by atoms with Crippen molar-refractivity contribution in [3.05, 3.63) is 64.8 Å². The van der Waals surface area contributed by atoms with E-state index in [1.165, 1.54) is 13.2 Å². The minimum absolute atomic E-state index is 0.258. The number of ether oxygens (including phenoxy) is 1. The average molecular weight is 334 g/mol. The molecule has 0 aliphatic rings. The number of fused-ring (bicyclic) bond motifs is 1. The van der Waals surface area contributed by atoms with Crippen LogP contribution in [-0.4, -0.2) is 28.4 Å².